The van der Waals surface area contributed by atoms with Gasteiger partial charge in [-0.25, -0.2) is 0 Å². The Morgan fingerprint density at radius 1 is 1.12 bits per heavy atom. The third-order valence-electron chi connectivity index (χ3n) is 5.26. The van der Waals surface area contributed by atoms with Crippen LogP contribution in [0.3, 0.4) is 0 Å². The quantitative estimate of drug-likeness (QED) is 0.255. The molecule has 1 unspecified atom stereocenters. The van der Waals surface area contributed by atoms with Crippen LogP contribution in [0.1, 0.15) is 25.7 Å². The number of likely N-dealkylation sites (tertiary alicyclic amines) is 2. The van der Waals surface area contributed by atoms with Crippen molar-refractivity contribution in [1.29, 1.82) is 0 Å². The molecule has 0 spiro atoms. The number of rotatable bonds is 8. The fourth-order valence-electron chi connectivity index (χ4n) is 3.62. The maximum Gasteiger partial charge on any atom is 0.193 e. The zero-order chi connectivity index (χ0) is 17.2. The third-order valence-corrected chi connectivity index (χ3v) is 5.26. The van der Waals surface area contributed by atoms with Gasteiger partial charge in [0.2, 0.25) is 0 Å². The molecule has 2 aliphatic heterocycles. The van der Waals surface area contributed by atoms with Gasteiger partial charge in [-0.2, -0.15) is 0 Å². The van der Waals surface area contributed by atoms with Crippen LogP contribution in [0.25, 0.3) is 0 Å². The largest absolute Gasteiger partial charge is 0.382 e. The summed E-state index contributed by atoms with van der Waals surface area (Å²) >= 11 is 0. The van der Waals surface area contributed by atoms with Crippen LogP contribution in [0.5, 0.6) is 0 Å². The number of methoxy groups -OCH3 is 1. The zero-order valence-corrected chi connectivity index (χ0v) is 18.5. The lowest BCUT2D eigenvalue weighted by Gasteiger charge is -2.29. The van der Waals surface area contributed by atoms with Gasteiger partial charge in [0.05, 0.1) is 19.8 Å². The predicted molar refractivity (Wildman–Crippen MR) is 114 cm³/mol. The molecule has 1 atom stereocenters. The summed E-state index contributed by atoms with van der Waals surface area (Å²) < 4.78 is 10.7. The van der Waals surface area contributed by atoms with E-state index in [1.54, 1.807) is 7.11 Å². The highest BCUT2D eigenvalue weighted by molar-refractivity contribution is 14.0. The van der Waals surface area contributed by atoms with Crippen LogP contribution in [0.15, 0.2) is 4.99 Å². The monoisotopic (exact) mass is 468 g/mol. The van der Waals surface area contributed by atoms with Gasteiger partial charge < -0.3 is 24.6 Å². The Morgan fingerprint density at radius 3 is 2.52 bits per heavy atom. The van der Waals surface area contributed by atoms with Crippen LogP contribution in [0.4, 0.5) is 0 Å². The Bertz CT molecular complexity index is 376. The SMILES string of the molecule is CN=C(NCCC1CCN(C)CC1)N1CCC(COCCOC)C1.I. The van der Waals surface area contributed by atoms with Crippen molar-refractivity contribution in [2.75, 3.05) is 73.7 Å². The standard InChI is InChI=1S/C18H36N4O2.HI/c1-19-18(20-8-4-16-5-9-21(2)10-6-16)22-11-7-17(14-22)15-24-13-12-23-3;/h16-17H,4-15H2,1-3H3,(H,19,20);1H. The number of nitrogens with zero attached hydrogens (tertiary/aromatic N) is 3. The van der Waals surface area contributed by atoms with E-state index in [2.05, 4.69) is 27.2 Å². The topological polar surface area (TPSA) is 49.3 Å². The number of aliphatic imine (C=N–C) groups is 1. The van der Waals surface area contributed by atoms with E-state index in [0.717, 1.165) is 38.1 Å². The van der Waals surface area contributed by atoms with Gasteiger partial charge in [0.15, 0.2) is 5.96 Å². The van der Waals surface area contributed by atoms with E-state index < -0.39 is 0 Å². The molecule has 0 aromatic heterocycles. The second-order valence-corrected chi connectivity index (χ2v) is 7.18. The Kier molecular flexibility index (Phi) is 12.0. The Hall–Kier alpha value is -0.120. The maximum absolute atomic E-state index is 5.67. The molecule has 1 N–H and O–H groups in total. The fourth-order valence-corrected chi connectivity index (χ4v) is 3.62. The molecule has 0 amide bonds. The number of ether oxygens (including phenoxy) is 2. The van der Waals surface area contributed by atoms with E-state index >= 15 is 0 Å². The van der Waals surface area contributed by atoms with Crippen LogP contribution in [0.2, 0.25) is 0 Å². The first-order valence-electron chi connectivity index (χ1n) is 9.43. The van der Waals surface area contributed by atoms with Crippen LogP contribution in [-0.4, -0.2) is 89.5 Å². The van der Waals surface area contributed by atoms with Crippen LogP contribution < -0.4 is 5.32 Å². The minimum atomic E-state index is 0. The van der Waals surface area contributed by atoms with Crippen molar-refractivity contribution in [3.8, 4) is 0 Å². The smallest absolute Gasteiger partial charge is 0.193 e. The van der Waals surface area contributed by atoms with Crippen molar-refractivity contribution in [3.63, 3.8) is 0 Å². The van der Waals surface area contributed by atoms with Crippen LogP contribution >= 0.6 is 24.0 Å². The summed E-state index contributed by atoms with van der Waals surface area (Å²) in [6.45, 7) is 7.84. The molecule has 2 rings (SSSR count). The molecule has 0 aromatic rings. The second kappa shape index (κ2) is 13.1. The maximum atomic E-state index is 5.67. The summed E-state index contributed by atoms with van der Waals surface area (Å²) in [5, 5.41) is 3.57. The highest BCUT2D eigenvalue weighted by atomic mass is 127. The lowest BCUT2D eigenvalue weighted by atomic mass is 9.94. The molecule has 7 heteroatoms. The summed E-state index contributed by atoms with van der Waals surface area (Å²) in [5.41, 5.74) is 0. The number of halogens is 1. The minimum absolute atomic E-state index is 0. The summed E-state index contributed by atoms with van der Waals surface area (Å²) in [6, 6.07) is 0. The molecule has 2 heterocycles. The molecule has 25 heavy (non-hydrogen) atoms. The average molecular weight is 468 g/mol. The van der Waals surface area contributed by atoms with Crippen molar-refractivity contribution < 1.29 is 9.47 Å². The molecular weight excluding hydrogens is 431 g/mol. The molecule has 2 fully saturated rings. The second-order valence-electron chi connectivity index (χ2n) is 7.18. The Labute approximate surface area is 170 Å². The molecule has 6 nitrogen and oxygen atoms in total. The predicted octanol–water partition coefficient (Wildman–Crippen LogP) is 1.90. The Morgan fingerprint density at radius 2 is 1.84 bits per heavy atom. The first-order chi connectivity index (χ1) is 11.7. The van der Waals surface area contributed by atoms with Gasteiger partial charge in [-0.1, -0.05) is 0 Å². The molecule has 0 aliphatic carbocycles. The molecule has 0 radical (unpaired) electrons. The van der Waals surface area contributed by atoms with E-state index in [-0.39, 0.29) is 24.0 Å². The van der Waals surface area contributed by atoms with E-state index in [0.29, 0.717) is 19.1 Å². The summed E-state index contributed by atoms with van der Waals surface area (Å²) in [6.07, 6.45) is 5.11. The van der Waals surface area contributed by atoms with Gasteiger partial charge in [0.25, 0.3) is 0 Å². The third kappa shape index (κ3) is 8.41. The minimum Gasteiger partial charge on any atom is -0.382 e. The molecular formula is C18H37IN4O2. The van der Waals surface area contributed by atoms with Gasteiger partial charge in [-0.15, -0.1) is 24.0 Å². The number of guanidine groups is 1. The van der Waals surface area contributed by atoms with E-state index in [1.807, 2.05) is 7.05 Å². The van der Waals surface area contributed by atoms with Crippen LogP contribution in [-0.2, 0) is 9.47 Å². The van der Waals surface area contributed by atoms with Gasteiger partial charge in [-0.3, -0.25) is 4.99 Å². The van der Waals surface area contributed by atoms with Crippen molar-refractivity contribution in [2.24, 2.45) is 16.8 Å². The van der Waals surface area contributed by atoms with Gasteiger partial charge in [0, 0.05) is 39.7 Å². The summed E-state index contributed by atoms with van der Waals surface area (Å²) in [5.74, 6) is 2.53. The summed E-state index contributed by atoms with van der Waals surface area (Å²) in [7, 11) is 5.82. The van der Waals surface area contributed by atoms with E-state index in [1.165, 1.54) is 38.8 Å². The normalized spacial score (nSPS) is 22.9. The van der Waals surface area contributed by atoms with Gasteiger partial charge in [0.1, 0.15) is 0 Å². The number of nitrogens with one attached hydrogen (secondary N) is 1. The van der Waals surface area contributed by atoms with Crippen molar-refractivity contribution in [1.82, 2.24) is 15.1 Å². The number of hydrogen-bond acceptors (Lipinski definition) is 4. The van der Waals surface area contributed by atoms with E-state index in [4.69, 9.17) is 9.47 Å². The highest BCUT2D eigenvalue weighted by Gasteiger charge is 2.25. The van der Waals surface area contributed by atoms with Gasteiger partial charge in [-0.05, 0) is 51.7 Å². The number of hydrogen-bond donors (Lipinski definition) is 1. The molecule has 0 aromatic carbocycles. The van der Waals surface area contributed by atoms with E-state index in [9.17, 15) is 0 Å². The lowest BCUT2D eigenvalue weighted by Crippen LogP contribution is -2.41. The van der Waals surface area contributed by atoms with Crippen molar-refractivity contribution in [2.45, 2.75) is 25.7 Å². The summed E-state index contributed by atoms with van der Waals surface area (Å²) in [4.78, 5) is 9.28. The van der Waals surface area contributed by atoms with Gasteiger partial charge >= 0.3 is 0 Å². The molecule has 2 saturated heterocycles. The average Bonchev–Trinajstić information content (AvgIpc) is 3.06. The lowest BCUT2D eigenvalue weighted by molar-refractivity contribution is 0.0536. The number of piperidine rings is 1. The van der Waals surface area contributed by atoms with Crippen molar-refractivity contribution >= 4 is 29.9 Å². The molecule has 2 aliphatic rings. The zero-order valence-electron chi connectivity index (χ0n) is 16.2. The first kappa shape index (κ1) is 22.9. The fraction of sp³-hybridized carbons (Fsp3) is 0.944. The highest BCUT2D eigenvalue weighted by Crippen LogP contribution is 2.19. The molecule has 0 saturated carbocycles. The first-order valence-corrected chi connectivity index (χ1v) is 9.43. The molecule has 148 valence electrons. The Balaban J connectivity index is 0.00000312. The van der Waals surface area contributed by atoms with Crippen LogP contribution in [0, 0.1) is 11.8 Å². The molecule has 0 bridgehead atoms. The van der Waals surface area contributed by atoms with Crippen molar-refractivity contribution in [3.05, 3.63) is 0 Å².